The zero-order valence-corrected chi connectivity index (χ0v) is 17.1. The molecule has 31 heavy (non-hydrogen) atoms. The SMILES string of the molecule is C=CCOc1c(/C=N\NC(=O)c2cc3c(ccc4ccccc43)o2)cccc1OCC. The number of fused-ring (bicyclic) bond motifs is 3. The fourth-order valence-corrected chi connectivity index (χ4v) is 3.32. The third-order valence-corrected chi connectivity index (χ3v) is 4.67. The number of benzene rings is 3. The highest BCUT2D eigenvalue weighted by molar-refractivity contribution is 6.08. The molecule has 0 unspecified atom stereocenters. The Bertz CT molecular complexity index is 1270. The normalized spacial score (nSPS) is 11.1. The van der Waals surface area contributed by atoms with E-state index in [4.69, 9.17) is 13.9 Å². The molecule has 6 heteroatoms. The molecule has 0 saturated heterocycles. The van der Waals surface area contributed by atoms with E-state index in [9.17, 15) is 4.79 Å². The third kappa shape index (κ3) is 4.28. The molecule has 0 atom stereocenters. The van der Waals surface area contributed by atoms with Crippen molar-refractivity contribution in [3.63, 3.8) is 0 Å². The summed E-state index contributed by atoms with van der Waals surface area (Å²) in [6.07, 6.45) is 3.16. The minimum atomic E-state index is -0.439. The maximum atomic E-state index is 12.6. The van der Waals surface area contributed by atoms with Crippen LogP contribution in [0.4, 0.5) is 0 Å². The van der Waals surface area contributed by atoms with Crippen molar-refractivity contribution in [1.82, 2.24) is 5.43 Å². The van der Waals surface area contributed by atoms with E-state index in [2.05, 4.69) is 17.1 Å². The number of hydrazone groups is 1. The molecule has 1 N–H and O–H groups in total. The van der Waals surface area contributed by atoms with E-state index in [0.29, 0.717) is 35.9 Å². The van der Waals surface area contributed by atoms with Gasteiger partial charge in [-0.1, -0.05) is 49.1 Å². The number of carbonyl (C=O) groups excluding carboxylic acids is 1. The highest BCUT2D eigenvalue weighted by Gasteiger charge is 2.14. The highest BCUT2D eigenvalue weighted by Crippen LogP contribution is 2.31. The molecule has 0 fully saturated rings. The Balaban J connectivity index is 1.55. The van der Waals surface area contributed by atoms with Gasteiger partial charge in [-0.3, -0.25) is 4.79 Å². The molecule has 0 bridgehead atoms. The smallest absolute Gasteiger partial charge is 0.307 e. The van der Waals surface area contributed by atoms with Crippen LogP contribution in [0.25, 0.3) is 21.7 Å². The summed E-state index contributed by atoms with van der Waals surface area (Å²) in [5.41, 5.74) is 3.83. The lowest BCUT2D eigenvalue weighted by Crippen LogP contribution is -2.16. The molecule has 0 radical (unpaired) electrons. The Morgan fingerprint density at radius 3 is 2.81 bits per heavy atom. The second-order valence-electron chi connectivity index (χ2n) is 6.72. The Kier molecular flexibility index (Phi) is 5.98. The minimum absolute atomic E-state index is 0.190. The van der Waals surface area contributed by atoms with E-state index >= 15 is 0 Å². The number of nitrogens with one attached hydrogen (secondary N) is 1. The van der Waals surface area contributed by atoms with Crippen LogP contribution in [0.3, 0.4) is 0 Å². The van der Waals surface area contributed by atoms with Crippen LogP contribution in [-0.2, 0) is 0 Å². The lowest BCUT2D eigenvalue weighted by atomic mass is 10.1. The predicted molar refractivity (Wildman–Crippen MR) is 122 cm³/mol. The second-order valence-corrected chi connectivity index (χ2v) is 6.72. The predicted octanol–water partition coefficient (Wildman–Crippen LogP) is 5.31. The average Bonchev–Trinajstić information content (AvgIpc) is 3.24. The van der Waals surface area contributed by atoms with E-state index in [1.165, 1.54) is 6.21 Å². The zero-order chi connectivity index (χ0) is 21.6. The lowest BCUT2D eigenvalue weighted by molar-refractivity contribution is 0.0929. The van der Waals surface area contributed by atoms with E-state index in [1.54, 1.807) is 12.1 Å². The lowest BCUT2D eigenvalue weighted by Gasteiger charge is -2.12. The first-order valence-electron chi connectivity index (χ1n) is 9.95. The van der Waals surface area contributed by atoms with Crippen LogP contribution in [0.15, 0.2) is 82.8 Å². The number of amides is 1. The van der Waals surface area contributed by atoms with Gasteiger partial charge in [-0.05, 0) is 42.0 Å². The van der Waals surface area contributed by atoms with Crippen molar-refractivity contribution in [1.29, 1.82) is 0 Å². The van der Waals surface area contributed by atoms with Crippen molar-refractivity contribution in [3.8, 4) is 11.5 Å². The summed E-state index contributed by atoms with van der Waals surface area (Å²) in [4.78, 5) is 12.6. The van der Waals surface area contributed by atoms with Crippen molar-refractivity contribution in [2.45, 2.75) is 6.92 Å². The van der Waals surface area contributed by atoms with Crippen LogP contribution in [0.2, 0.25) is 0 Å². The molecular formula is C25H22N2O4. The summed E-state index contributed by atoms with van der Waals surface area (Å²) < 4.78 is 17.1. The van der Waals surface area contributed by atoms with Crippen LogP contribution in [0.5, 0.6) is 11.5 Å². The molecule has 0 aliphatic heterocycles. The summed E-state index contributed by atoms with van der Waals surface area (Å²) >= 11 is 0. The topological polar surface area (TPSA) is 73.1 Å². The molecule has 1 aromatic heterocycles. The van der Waals surface area contributed by atoms with E-state index in [-0.39, 0.29) is 5.76 Å². The number of para-hydroxylation sites is 1. The first-order chi connectivity index (χ1) is 15.2. The van der Waals surface area contributed by atoms with Crippen molar-refractivity contribution in [2.24, 2.45) is 5.10 Å². The highest BCUT2D eigenvalue weighted by atomic mass is 16.5. The molecule has 0 saturated carbocycles. The van der Waals surface area contributed by atoms with Crippen LogP contribution < -0.4 is 14.9 Å². The molecule has 6 nitrogen and oxygen atoms in total. The molecule has 4 rings (SSSR count). The molecule has 4 aromatic rings. The van der Waals surface area contributed by atoms with Gasteiger partial charge in [0.05, 0.1) is 12.8 Å². The fourth-order valence-electron chi connectivity index (χ4n) is 3.32. The first kappa shape index (κ1) is 20.2. The number of carbonyl (C=O) groups is 1. The van der Waals surface area contributed by atoms with E-state index < -0.39 is 5.91 Å². The van der Waals surface area contributed by atoms with Crippen molar-refractivity contribution >= 4 is 33.9 Å². The Hall–Kier alpha value is -4.06. The van der Waals surface area contributed by atoms with E-state index in [1.807, 2.05) is 61.5 Å². The molecule has 0 spiro atoms. The van der Waals surface area contributed by atoms with Crippen molar-refractivity contribution < 1.29 is 18.7 Å². The maximum Gasteiger partial charge on any atom is 0.307 e. The van der Waals surface area contributed by atoms with Gasteiger partial charge < -0.3 is 13.9 Å². The number of furan rings is 1. The fraction of sp³-hybridized carbons (Fsp3) is 0.120. The quantitative estimate of drug-likeness (QED) is 0.241. The van der Waals surface area contributed by atoms with Gasteiger partial charge in [-0.15, -0.1) is 0 Å². The summed E-state index contributed by atoms with van der Waals surface area (Å²) in [5, 5.41) is 7.08. The van der Waals surface area contributed by atoms with Gasteiger partial charge in [-0.25, -0.2) is 5.43 Å². The third-order valence-electron chi connectivity index (χ3n) is 4.67. The first-order valence-corrected chi connectivity index (χ1v) is 9.95. The van der Waals surface area contributed by atoms with E-state index in [0.717, 1.165) is 16.2 Å². The molecule has 156 valence electrons. The number of hydrogen-bond donors (Lipinski definition) is 1. The Labute approximate surface area is 179 Å². The Morgan fingerprint density at radius 2 is 1.97 bits per heavy atom. The number of ether oxygens (including phenoxy) is 2. The molecule has 3 aromatic carbocycles. The van der Waals surface area contributed by atoms with Crippen LogP contribution in [0, 0.1) is 0 Å². The summed E-state index contributed by atoms with van der Waals surface area (Å²) in [6, 6.07) is 19.0. The average molecular weight is 414 g/mol. The number of nitrogens with zero attached hydrogens (tertiary/aromatic N) is 1. The van der Waals surface area contributed by atoms with Gasteiger partial charge in [0.2, 0.25) is 0 Å². The largest absolute Gasteiger partial charge is 0.490 e. The van der Waals surface area contributed by atoms with Gasteiger partial charge in [-0.2, -0.15) is 5.10 Å². The molecule has 0 aliphatic carbocycles. The Morgan fingerprint density at radius 1 is 1.10 bits per heavy atom. The van der Waals surface area contributed by atoms with Crippen LogP contribution in [-0.4, -0.2) is 25.3 Å². The van der Waals surface area contributed by atoms with Crippen LogP contribution >= 0.6 is 0 Å². The molecule has 1 heterocycles. The van der Waals surface area contributed by atoms with Gasteiger partial charge in [0.1, 0.15) is 12.2 Å². The molecular weight excluding hydrogens is 392 g/mol. The van der Waals surface area contributed by atoms with Gasteiger partial charge in [0.15, 0.2) is 17.3 Å². The summed E-state index contributed by atoms with van der Waals surface area (Å²) in [7, 11) is 0. The van der Waals surface area contributed by atoms with Crippen molar-refractivity contribution in [2.75, 3.05) is 13.2 Å². The standard InChI is InChI=1S/C25H22N2O4/c1-3-14-30-24-18(9-7-11-22(24)29-4-2)16-26-27-25(28)23-15-20-19-10-6-5-8-17(19)12-13-21(20)31-23/h3,5-13,15-16H,1,4,14H2,2H3,(H,27,28)/b26-16-. The van der Waals surface area contributed by atoms with Crippen molar-refractivity contribution in [3.05, 3.63) is 84.6 Å². The number of rotatable bonds is 8. The second kappa shape index (κ2) is 9.17. The van der Waals surface area contributed by atoms with Gasteiger partial charge >= 0.3 is 5.91 Å². The van der Waals surface area contributed by atoms with Gasteiger partial charge in [0.25, 0.3) is 0 Å². The minimum Gasteiger partial charge on any atom is -0.490 e. The summed E-state index contributed by atoms with van der Waals surface area (Å²) in [6.45, 7) is 6.39. The monoisotopic (exact) mass is 414 g/mol. The van der Waals surface area contributed by atoms with Gasteiger partial charge in [0, 0.05) is 10.9 Å². The zero-order valence-electron chi connectivity index (χ0n) is 17.1. The summed E-state index contributed by atoms with van der Waals surface area (Å²) in [5.74, 6) is 0.891. The number of hydrogen-bond acceptors (Lipinski definition) is 5. The molecule has 0 aliphatic rings. The van der Waals surface area contributed by atoms with Crippen LogP contribution in [0.1, 0.15) is 23.0 Å². The molecule has 1 amide bonds. The maximum absolute atomic E-state index is 12.6.